The van der Waals surface area contributed by atoms with Gasteiger partial charge in [0, 0.05) is 12.1 Å². The first kappa shape index (κ1) is 13.6. The quantitative estimate of drug-likeness (QED) is 0.811. The van der Waals surface area contributed by atoms with E-state index in [-0.39, 0.29) is 23.9 Å². The number of amides is 1. The Balaban J connectivity index is 1.60. The first-order valence-electron chi connectivity index (χ1n) is 7.87. The lowest BCUT2D eigenvalue weighted by Gasteiger charge is -2.23. The zero-order chi connectivity index (χ0) is 13.9. The van der Waals surface area contributed by atoms with Gasteiger partial charge in [0.25, 0.3) is 0 Å². The average Bonchev–Trinajstić information content (AvgIpc) is 2.71. The van der Waals surface area contributed by atoms with Gasteiger partial charge in [-0.2, -0.15) is 0 Å². The number of fused-ring (bicyclic) bond motifs is 1. The van der Waals surface area contributed by atoms with Crippen LogP contribution in [0.1, 0.15) is 43.2 Å². The highest BCUT2D eigenvalue weighted by atomic mass is 16.2. The lowest BCUT2D eigenvalue weighted by atomic mass is 9.94. The van der Waals surface area contributed by atoms with Crippen molar-refractivity contribution in [1.82, 2.24) is 5.32 Å². The molecule has 0 radical (unpaired) electrons. The zero-order valence-corrected chi connectivity index (χ0v) is 12.0. The number of carbonyl (C=O) groups excluding carboxylic acids is 1. The number of carbonyl (C=O) groups is 1. The Kier molecular flexibility index (Phi) is 4.06. The summed E-state index contributed by atoms with van der Waals surface area (Å²) in [5.41, 5.74) is 8.93. The normalized spacial score (nSPS) is 26.9. The summed E-state index contributed by atoms with van der Waals surface area (Å²) < 4.78 is 0. The monoisotopic (exact) mass is 272 g/mol. The molecule has 3 heteroatoms. The van der Waals surface area contributed by atoms with Crippen LogP contribution in [-0.2, 0) is 17.6 Å². The Bertz CT molecular complexity index is 461. The van der Waals surface area contributed by atoms with Gasteiger partial charge in [0.05, 0.1) is 5.92 Å². The van der Waals surface area contributed by atoms with Gasteiger partial charge in [-0.25, -0.2) is 0 Å². The van der Waals surface area contributed by atoms with Gasteiger partial charge in [-0.3, -0.25) is 4.79 Å². The maximum absolute atomic E-state index is 12.5. The maximum Gasteiger partial charge on any atom is 0.224 e. The fourth-order valence-electron chi connectivity index (χ4n) is 3.63. The third kappa shape index (κ3) is 2.88. The Labute approximate surface area is 120 Å². The predicted octanol–water partition coefficient (Wildman–Crippen LogP) is 2.18. The minimum atomic E-state index is 0.0150. The molecule has 0 spiro atoms. The molecule has 1 saturated carbocycles. The topological polar surface area (TPSA) is 55.1 Å². The van der Waals surface area contributed by atoms with Crippen molar-refractivity contribution < 1.29 is 4.79 Å². The molecule has 1 aromatic rings. The second-order valence-corrected chi connectivity index (χ2v) is 6.29. The van der Waals surface area contributed by atoms with Crippen LogP contribution < -0.4 is 11.1 Å². The van der Waals surface area contributed by atoms with E-state index in [9.17, 15) is 4.79 Å². The summed E-state index contributed by atoms with van der Waals surface area (Å²) in [6.45, 7) is 0. The molecule has 0 heterocycles. The zero-order valence-electron chi connectivity index (χ0n) is 12.0. The average molecular weight is 272 g/mol. The molecular weight excluding hydrogens is 248 g/mol. The minimum absolute atomic E-state index is 0.0150. The summed E-state index contributed by atoms with van der Waals surface area (Å²) >= 11 is 0. The second kappa shape index (κ2) is 5.96. The molecule has 108 valence electrons. The van der Waals surface area contributed by atoms with Gasteiger partial charge < -0.3 is 11.1 Å². The summed E-state index contributed by atoms with van der Waals surface area (Å²) in [6.07, 6.45) is 7.38. The highest BCUT2D eigenvalue weighted by Gasteiger charge is 2.30. The van der Waals surface area contributed by atoms with E-state index < -0.39 is 0 Å². The van der Waals surface area contributed by atoms with Crippen LogP contribution >= 0.6 is 0 Å². The molecule has 0 aromatic heterocycles. The fraction of sp³-hybridized carbons (Fsp3) is 0.588. The van der Waals surface area contributed by atoms with E-state index in [1.807, 2.05) is 0 Å². The fourth-order valence-corrected chi connectivity index (χ4v) is 3.63. The molecule has 2 aliphatic carbocycles. The molecule has 2 aliphatic rings. The molecule has 2 unspecified atom stereocenters. The van der Waals surface area contributed by atoms with Crippen LogP contribution in [0.3, 0.4) is 0 Å². The second-order valence-electron chi connectivity index (χ2n) is 6.29. The van der Waals surface area contributed by atoms with Crippen LogP contribution in [0.4, 0.5) is 0 Å². The van der Waals surface area contributed by atoms with Gasteiger partial charge in [0.1, 0.15) is 0 Å². The molecule has 3 rings (SSSR count). The molecule has 20 heavy (non-hydrogen) atoms. The van der Waals surface area contributed by atoms with E-state index in [0.29, 0.717) is 0 Å². The SMILES string of the molecule is NC1CCCCCC1C(=O)NC1Cc2ccccc2C1. The van der Waals surface area contributed by atoms with E-state index in [1.54, 1.807) is 0 Å². The van der Waals surface area contributed by atoms with Gasteiger partial charge in [-0.1, -0.05) is 43.5 Å². The smallest absolute Gasteiger partial charge is 0.224 e. The van der Waals surface area contributed by atoms with E-state index in [0.717, 1.165) is 32.1 Å². The molecule has 1 fully saturated rings. The van der Waals surface area contributed by atoms with Crippen molar-refractivity contribution in [2.45, 2.75) is 57.0 Å². The van der Waals surface area contributed by atoms with E-state index in [1.165, 1.54) is 24.0 Å². The third-order valence-corrected chi connectivity index (χ3v) is 4.80. The molecular formula is C17H24N2O. The van der Waals surface area contributed by atoms with Crippen LogP contribution in [0, 0.1) is 5.92 Å². The van der Waals surface area contributed by atoms with Gasteiger partial charge >= 0.3 is 0 Å². The maximum atomic E-state index is 12.5. The Morgan fingerprint density at radius 3 is 2.40 bits per heavy atom. The molecule has 3 nitrogen and oxygen atoms in total. The molecule has 3 N–H and O–H groups in total. The van der Waals surface area contributed by atoms with E-state index in [4.69, 9.17) is 5.73 Å². The van der Waals surface area contributed by atoms with Crippen LogP contribution in [0.15, 0.2) is 24.3 Å². The van der Waals surface area contributed by atoms with Crippen molar-refractivity contribution >= 4 is 5.91 Å². The van der Waals surface area contributed by atoms with Gasteiger partial charge in [0.2, 0.25) is 5.91 Å². The standard InChI is InChI=1S/C17H24N2O/c18-16-9-3-1-2-8-15(16)17(20)19-14-10-12-6-4-5-7-13(12)11-14/h4-7,14-16H,1-3,8-11,18H2,(H,19,20). The Morgan fingerprint density at radius 1 is 1.05 bits per heavy atom. The van der Waals surface area contributed by atoms with Crippen molar-refractivity contribution in [3.63, 3.8) is 0 Å². The number of rotatable bonds is 2. The van der Waals surface area contributed by atoms with Crippen LogP contribution in [-0.4, -0.2) is 18.0 Å². The van der Waals surface area contributed by atoms with E-state index in [2.05, 4.69) is 29.6 Å². The number of nitrogens with two attached hydrogens (primary N) is 1. The summed E-state index contributed by atoms with van der Waals surface area (Å²) in [5, 5.41) is 3.23. The lowest BCUT2D eigenvalue weighted by molar-refractivity contribution is -0.126. The van der Waals surface area contributed by atoms with Crippen LogP contribution in [0.5, 0.6) is 0 Å². The predicted molar refractivity (Wildman–Crippen MR) is 80.3 cm³/mol. The van der Waals surface area contributed by atoms with Crippen LogP contribution in [0.2, 0.25) is 0 Å². The first-order chi connectivity index (χ1) is 9.74. The van der Waals surface area contributed by atoms with Crippen molar-refractivity contribution in [2.75, 3.05) is 0 Å². The molecule has 0 aliphatic heterocycles. The third-order valence-electron chi connectivity index (χ3n) is 4.80. The highest BCUT2D eigenvalue weighted by molar-refractivity contribution is 5.80. The molecule has 0 bridgehead atoms. The number of hydrogen-bond acceptors (Lipinski definition) is 2. The molecule has 0 saturated heterocycles. The minimum Gasteiger partial charge on any atom is -0.352 e. The van der Waals surface area contributed by atoms with Gasteiger partial charge in [-0.05, 0) is 36.8 Å². The van der Waals surface area contributed by atoms with E-state index >= 15 is 0 Å². The van der Waals surface area contributed by atoms with Gasteiger partial charge in [-0.15, -0.1) is 0 Å². The van der Waals surface area contributed by atoms with Crippen molar-refractivity contribution in [3.05, 3.63) is 35.4 Å². The molecule has 2 atom stereocenters. The summed E-state index contributed by atoms with van der Waals surface area (Å²) in [7, 11) is 0. The highest BCUT2D eigenvalue weighted by Crippen LogP contribution is 2.25. The Morgan fingerprint density at radius 2 is 1.70 bits per heavy atom. The number of benzene rings is 1. The van der Waals surface area contributed by atoms with Crippen molar-refractivity contribution in [1.29, 1.82) is 0 Å². The molecule has 1 aromatic carbocycles. The summed E-state index contributed by atoms with van der Waals surface area (Å²) in [6, 6.07) is 8.78. The molecule has 1 amide bonds. The van der Waals surface area contributed by atoms with Crippen LogP contribution in [0.25, 0.3) is 0 Å². The van der Waals surface area contributed by atoms with Crippen molar-refractivity contribution in [2.24, 2.45) is 11.7 Å². The number of hydrogen-bond donors (Lipinski definition) is 2. The largest absolute Gasteiger partial charge is 0.352 e. The van der Waals surface area contributed by atoms with Crippen molar-refractivity contribution in [3.8, 4) is 0 Å². The first-order valence-corrected chi connectivity index (χ1v) is 7.87. The Hall–Kier alpha value is -1.35. The summed E-state index contributed by atoms with van der Waals surface area (Å²) in [5.74, 6) is 0.193. The van der Waals surface area contributed by atoms with Gasteiger partial charge in [0.15, 0.2) is 0 Å². The number of nitrogens with one attached hydrogen (secondary N) is 1. The lowest BCUT2D eigenvalue weighted by Crippen LogP contribution is -2.45. The summed E-state index contributed by atoms with van der Waals surface area (Å²) in [4.78, 5) is 12.5.